The van der Waals surface area contributed by atoms with Crippen LogP contribution in [0.1, 0.15) is 19.8 Å². The van der Waals surface area contributed by atoms with Gasteiger partial charge in [-0.1, -0.05) is 6.92 Å². The van der Waals surface area contributed by atoms with Gasteiger partial charge in [0.2, 0.25) is 5.91 Å². The standard InChI is InChI=1S/C10H17NOS/c1-8-7-9(8)10(12)11-3-2-5-13-6-4-11/h8-9H,2-7H2,1H3. The van der Waals surface area contributed by atoms with Crippen LogP contribution in [0.15, 0.2) is 0 Å². The van der Waals surface area contributed by atoms with Gasteiger partial charge in [-0.25, -0.2) is 0 Å². The maximum Gasteiger partial charge on any atom is 0.225 e. The van der Waals surface area contributed by atoms with Crippen molar-refractivity contribution >= 4 is 17.7 Å². The maximum absolute atomic E-state index is 11.8. The first-order valence-electron chi connectivity index (χ1n) is 5.15. The Hall–Kier alpha value is -0.180. The Morgan fingerprint density at radius 2 is 2.15 bits per heavy atom. The van der Waals surface area contributed by atoms with Crippen LogP contribution in [0, 0.1) is 11.8 Å². The Morgan fingerprint density at radius 1 is 1.38 bits per heavy atom. The molecule has 1 heterocycles. The van der Waals surface area contributed by atoms with Crippen LogP contribution < -0.4 is 0 Å². The van der Waals surface area contributed by atoms with Gasteiger partial charge in [0.25, 0.3) is 0 Å². The van der Waals surface area contributed by atoms with Gasteiger partial charge in [0.1, 0.15) is 0 Å². The van der Waals surface area contributed by atoms with Gasteiger partial charge in [0.05, 0.1) is 0 Å². The molecule has 2 nitrogen and oxygen atoms in total. The van der Waals surface area contributed by atoms with Crippen molar-refractivity contribution in [3.8, 4) is 0 Å². The summed E-state index contributed by atoms with van der Waals surface area (Å²) in [4.78, 5) is 13.9. The number of thioether (sulfide) groups is 1. The lowest BCUT2D eigenvalue weighted by atomic mass is 10.3. The molecule has 2 rings (SSSR count). The van der Waals surface area contributed by atoms with Gasteiger partial charge in [0.15, 0.2) is 0 Å². The van der Waals surface area contributed by atoms with E-state index in [1.807, 2.05) is 11.8 Å². The van der Waals surface area contributed by atoms with Crippen molar-refractivity contribution < 1.29 is 4.79 Å². The fraction of sp³-hybridized carbons (Fsp3) is 0.900. The molecule has 0 radical (unpaired) electrons. The quantitative estimate of drug-likeness (QED) is 0.639. The average molecular weight is 199 g/mol. The third kappa shape index (κ3) is 2.19. The zero-order chi connectivity index (χ0) is 9.26. The van der Waals surface area contributed by atoms with Gasteiger partial charge < -0.3 is 4.90 Å². The first-order valence-corrected chi connectivity index (χ1v) is 6.31. The van der Waals surface area contributed by atoms with Gasteiger partial charge in [-0.15, -0.1) is 0 Å². The van der Waals surface area contributed by atoms with E-state index in [9.17, 15) is 4.79 Å². The maximum atomic E-state index is 11.8. The fourth-order valence-corrected chi connectivity index (χ4v) is 2.75. The molecule has 1 aliphatic heterocycles. The lowest BCUT2D eigenvalue weighted by Crippen LogP contribution is -2.34. The predicted molar refractivity (Wildman–Crippen MR) is 55.8 cm³/mol. The molecule has 0 aromatic carbocycles. The summed E-state index contributed by atoms with van der Waals surface area (Å²) >= 11 is 1.98. The van der Waals surface area contributed by atoms with E-state index in [0.717, 1.165) is 25.3 Å². The molecule has 0 spiro atoms. The third-order valence-corrected chi connectivity index (χ3v) is 4.01. The number of hydrogen-bond donors (Lipinski definition) is 0. The summed E-state index contributed by atoms with van der Waals surface area (Å²) in [5.41, 5.74) is 0. The van der Waals surface area contributed by atoms with Crippen molar-refractivity contribution in [2.24, 2.45) is 11.8 Å². The van der Waals surface area contributed by atoms with Crippen LogP contribution in [0.2, 0.25) is 0 Å². The van der Waals surface area contributed by atoms with Crippen LogP contribution in [0.25, 0.3) is 0 Å². The topological polar surface area (TPSA) is 20.3 Å². The van der Waals surface area contributed by atoms with Crippen molar-refractivity contribution in [3.63, 3.8) is 0 Å². The number of carbonyl (C=O) groups is 1. The van der Waals surface area contributed by atoms with Crippen LogP contribution in [0.3, 0.4) is 0 Å². The summed E-state index contributed by atoms with van der Waals surface area (Å²) in [6.45, 7) is 4.15. The van der Waals surface area contributed by atoms with Gasteiger partial charge in [0, 0.05) is 24.8 Å². The molecule has 13 heavy (non-hydrogen) atoms. The second kappa shape index (κ2) is 3.91. The van der Waals surface area contributed by atoms with Crippen molar-refractivity contribution in [2.75, 3.05) is 24.6 Å². The SMILES string of the molecule is CC1CC1C(=O)N1CCCSCC1. The third-order valence-electron chi connectivity index (χ3n) is 2.96. The highest BCUT2D eigenvalue weighted by Crippen LogP contribution is 2.39. The first-order chi connectivity index (χ1) is 6.29. The number of rotatable bonds is 1. The lowest BCUT2D eigenvalue weighted by Gasteiger charge is -2.19. The highest BCUT2D eigenvalue weighted by molar-refractivity contribution is 7.99. The van der Waals surface area contributed by atoms with Crippen molar-refractivity contribution in [3.05, 3.63) is 0 Å². The molecule has 0 N–H and O–H groups in total. The smallest absolute Gasteiger partial charge is 0.225 e. The molecule has 2 aliphatic rings. The molecule has 0 aromatic heterocycles. The van der Waals surface area contributed by atoms with E-state index < -0.39 is 0 Å². The second-order valence-corrected chi connectivity index (χ2v) is 5.34. The molecule has 2 atom stereocenters. The van der Waals surface area contributed by atoms with Crippen molar-refractivity contribution in [1.29, 1.82) is 0 Å². The lowest BCUT2D eigenvalue weighted by molar-refractivity contribution is -0.132. The number of amides is 1. The first kappa shape index (κ1) is 9.38. The molecule has 2 fully saturated rings. The van der Waals surface area contributed by atoms with Crippen molar-refractivity contribution in [2.45, 2.75) is 19.8 Å². The number of hydrogen-bond acceptors (Lipinski definition) is 2. The molecular formula is C10H17NOS. The van der Waals surface area contributed by atoms with Crippen molar-refractivity contribution in [1.82, 2.24) is 4.90 Å². The van der Waals surface area contributed by atoms with Gasteiger partial charge in [-0.3, -0.25) is 4.79 Å². The zero-order valence-corrected chi connectivity index (χ0v) is 8.98. The molecule has 74 valence electrons. The van der Waals surface area contributed by atoms with Gasteiger partial charge in [-0.2, -0.15) is 11.8 Å². The summed E-state index contributed by atoms with van der Waals surface area (Å²) in [6.07, 6.45) is 2.31. The summed E-state index contributed by atoms with van der Waals surface area (Å²) in [5.74, 6) is 3.82. The molecule has 1 saturated carbocycles. The Bertz CT molecular complexity index is 199. The summed E-state index contributed by atoms with van der Waals surface area (Å²) < 4.78 is 0. The number of nitrogens with zero attached hydrogens (tertiary/aromatic N) is 1. The van der Waals surface area contributed by atoms with E-state index in [0.29, 0.717) is 17.7 Å². The zero-order valence-electron chi connectivity index (χ0n) is 8.16. The Balaban J connectivity index is 1.87. The monoisotopic (exact) mass is 199 g/mol. The van der Waals surface area contributed by atoms with Gasteiger partial charge >= 0.3 is 0 Å². The average Bonchev–Trinajstić information content (AvgIpc) is 2.86. The highest BCUT2D eigenvalue weighted by Gasteiger charge is 2.41. The van der Waals surface area contributed by atoms with Crippen LogP contribution in [0.5, 0.6) is 0 Å². The molecule has 3 heteroatoms. The van der Waals surface area contributed by atoms with E-state index in [1.54, 1.807) is 0 Å². The normalized spacial score (nSPS) is 34.1. The van der Waals surface area contributed by atoms with Gasteiger partial charge in [-0.05, 0) is 24.5 Å². The van der Waals surface area contributed by atoms with Crippen LogP contribution >= 0.6 is 11.8 Å². The minimum Gasteiger partial charge on any atom is -0.342 e. The number of carbonyl (C=O) groups excluding carboxylic acids is 1. The van der Waals surface area contributed by atoms with E-state index in [-0.39, 0.29) is 0 Å². The Kier molecular flexibility index (Phi) is 2.82. The molecule has 2 unspecified atom stereocenters. The predicted octanol–water partition coefficient (Wildman–Crippen LogP) is 1.61. The minimum absolute atomic E-state index is 0.378. The highest BCUT2D eigenvalue weighted by atomic mass is 32.2. The van der Waals surface area contributed by atoms with E-state index >= 15 is 0 Å². The van der Waals surface area contributed by atoms with E-state index in [4.69, 9.17) is 0 Å². The van der Waals surface area contributed by atoms with E-state index in [2.05, 4.69) is 11.8 Å². The second-order valence-electron chi connectivity index (χ2n) is 4.11. The summed E-state index contributed by atoms with van der Waals surface area (Å²) in [7, 11) is 0. The molecular weight excluding hydrogens is 182 g/mol. The fourth-order valence-electron chi connectivity index (χ4n) is 1.87. The molecule has 0 aromatic rings. The molecule has 0 bridgehead atoms. The van der Waals surface area contributed by atoms with Crippen LogP contribution in [-0.4, -0.2) is 35.4 Å². The van der Waals surface area contributed by atoms with Crippen LogP contribution in [0.4, 0.5) is 0 Å². The van der Waals surface area contributed by atoms with E-state index in [1.165, 1.54) is 12.2 Å². The summed E-state index contributed by atoms with van der Waals surface area (Å²) in [5, 5.41) is 0. The largest absolute Gasteiger partial charge is 0.342 e. The Labute approximate surface area is 84.1 Å². The molecule has 1 aliphatic carbocycles. The molecule has 1 saturated heterocycles. The minimum atomic E-state index is 0.378. The summed E-state index contributed by atoms with van der Waals surface area (Å²) in [6, 6.07) is 0. The van der Waals surface area contributed by atoms with Crippen LogP contribution in [-0.2, 0) is 4.79 Å². The Morgan fingerprint density at radius 3 is 2.85 bits per heavy atom. The molecule has 1 amide bonds.